The van der Waals surface area contributed by atoms with Gasteiger partial charge in [0.25, 0.3) is 0 Å². The van der Waals surface area contributed by atoms with Crippen molar-refractivity contribution in [3.8, 4) is 0 Å². The van der Waals surface area contributed by atoms with Gasteiger partial charge in [0.2, 0.25) is 0 Å². The van der Waals surface area contributed by atoms with E-state index in [0.29, 0.717) is 0 Å². The van der Waals surface area contributed by atoms with Gasteiger partial charge in [-0.05, 0) is 46.3 Å². The highest BCUT2D eigenvalue weighted by Crippen LogP contribution is 2.07. The van der Waals surface area contributed by atoms with Gasteiger partial charge in [-0.2, -0.15) is 0 Å². The van der Waals surface area contributed by atoms with E-state index in [4.69, 9.17) is 5.73 Å². The predicted octanol–water partition coefficient (Wildman–Crippen LogP) is 0.805. The second kappa shape index (κ2) is 8.32. The van der Waals surface area contributed by atoms with Gasteiger partial charge in [-0.15, -0.1) is 0 Å². The van der Waals surface area contributed by atoms with E-state index in [0.717, 1.165) is 65.2 Å². The number of amides is 2. The highest BCUT2D eigenvalue weighted by molar-refractivity contribution is 5.74. The topological polar surface area (TPSA) is 52.8 Å². The molecule has 0 radical (unpaired) electrons. The van der Waals surface area contributed by atoms with E-state index in [1.807, 2.05) is 23.6 Å². The summed E-state index contributed by atoms with van der Waals surface area (Å²) in [6.07, 6.45) is 2.11. The van der Waals surface area contributed by atoms with Gasteiger partial charge in [0.15, 0.2) is 0 Å². The molecule has 1 aliphatic heterocycles. The number of nitrogens with two attached hydrogens (primary N) is 1. The highest BCUT2D eigenvalue weighted by atomic mass is 16.2. The minimum Gasteiger partial charge on any atom is -0.330 e. The van der Waals surface area contributed by atoms with E-state index in [9.17, 15) is 4.79 Å². The van der Waals surface area contributed by atoms with Crippen LogP contribution in [0.1, 0.15) is 26.7 Å². The third-order valence-corrected chi connectivity index (χ3v) is 3.57. The Morgan fingerprint density at radius 3 is 2.50 bits per heavy atom. The van der Waals surface area contributed by atoms with Crippen LogP contribution in [-0.4, -0.2) is 73.1 Å². The van der Waals surface area contributed by atoms with Crippen LogP contribution >= 0.6 is 0 Å². The maximum absolute atomic E-state index is 12.2. The largest absolute Gasteiger partial charge is 0.330 e. The number of nitrogens with zero attached hydrogens (tertiary/aromatic N) is 3. The Hall–Kier alpha value is -0.810. The molecular weight excluding hydrogens is 228 g/mol. The van der Waals surface area contributed by atoms with Crippen molar-refractivity contribution in [1.82, 2.24) is 14.7 Å². The summed E-state index contributed by atoms with van der Waals surface area (Å²) in [5.41, 5.74) is 5.54. The molecule has 1 rings (SSSR count). The first kappa shape index (κ1) is 15.2. The highest BCUT2D eigenvalue weighted by Gasteiger charge is 2.21. The molecule has 2 amide bonds. The smallest absolute Gasteiger partial charge is 0.320 e. The van der Waals surface area contributed by atoms with Crippen molar-refractivity contribution in [3.05, 3.63) is 0 Å². The first-order valence-corrected chi connectivity index (χ1v) is 7.19. The Bertz CT molecular complexity index is 243. The first-order valence-electron chi connectivity index (χ1n) is 7.19. The molecule has 18 heavy (non-hydrogen) atoms. The van der Waals surface area contributed by atoms with Crippen molar-refractivity contribution in [2.75, 3.05) is 52.4 Å². The van der Waals surface area contributed by atoms with Crippen LogP contribution in [-0.2, 0) is 0 Å². The molecule has 0 aromatic rings. The standard InChI is InChI=1S/C13H28N4O/c1-3-16(4-2)13(18)17-10-6-9-15(11-12-17)8-5-7-14/h3-12,14H2,1-2H3. The zero-order valence-corrected chi connectivity index (χ0v) is 11.9. The van der Waals surface area contributed by atoms with Gasteiger partial charge >= 0.3 is 6.03 Å². The molecule has 2 N–H and O–H groups in total. The maximum atomic E-state index is 12.2. The quantitative estimate of drug-likeness (QED) is 0.792. The van der Waals surface area contributed by atoms with Gasteiger partial charge in [0.1, 0.15) is 0 Å². The molecule has 1 fully saturated rings. The fraction of sp³-hybridized carbons (Fsp3) is 0.923. The zero-order valence-electron chi connectivity index (χ0n) is 11.9. The van der Waals surface area contributed by atoms with Crippen LogP contribution in [0, 0.1) is 0 Å². The summed E-state index contributed by atoms with van der Waals surface area (Å²) in [5, 5.41) is 0. The third-order valence-electron chi connectivity index (χ3n) is 3.57. The molecular formula is C13H28N4O. The van der Waals surface area contributed by atoms with E-state index in [1.165, 1.54) is 0 Å². The Balaban J connectivity index is 2.43. The molecule has 1 heterocycles. The van der Waals surface area contributed by atoms with Gasteiger partial charge in [0, 0.05) is 32.7 Å². The van der Waals surface area contributed by atoms with Crippen LogP contribution in [0.2, 0.25) is 0 Å². The summed E-state index contributed by atoms with van der Waals surface area (Å²) < 4.78 is 0. The van der Waals surface area contributed by atoms with Crippen LogP contribution < -0.4 is 5.73 Å². The van der Waals surface area contributed by atoms with Crippen LogP contribution in [0.25, 0.3) is 0 Å². The summed E-state index contributed by atoms with van der Waals surface area (Å²) in [4.78, 5) is 18.6. The third kappa shape index (κ3) is 4.46. The molecule has 0 bridgehead atoms. The number of carbonyl (C=O) groups is 1. The lowest BCUT2D eigenvalue weighted by Crippen LogP contribution is -2.44. The Labute approximate surface area is 111 Å². The van der Waals surface area contributed by atoms with E-state index >= 15 is 0 Å². The van der Waals surface area contributed by atoms with Crippen molar-refractivity contribution in [2.24, 2.45) is 5.73 Å². The summed E-state index contributed by atoms with van der Waals surface area (Å²) in [5.74, 6) is 0. The number of urea groups is 1. The normalized spacial score (nSPS) is 17.6. The number of hydrogen-bond acceptors (Lipinski definition) is 3. The van der Waals surface area contributed by atoms with Gasteiger partial charge in [-0.1, -0.05) is 0 Å². The molecule has 1 saturated heterocycles. The Kier molecular flexibility index (Phi) is 7.05. The fourth-order valence-corrected chi connectivity index (χ4v) is 2.39. The lowest BCUT2D eigenvalue weighted by atomic mass is 10.3. The number of carbonyl (C=O) groups excluding carboxylic acids is 1. The van der Waals surface area contributed by atoms with Crippen LogP contribution in [0.3, 0.4) is 0 Å². The van der Waals surface area contributed by atoms with Gasteiger partial charge in [-0.3, -0.25) is 0 Å². The average Bonchev–Trinajstić information content (AvgIpc) is 2.63. The summed E-state index contributed by atoms with van der Waals surface area (Å²) in [6.45, 7) is 11.3. The first-order chi connectivity index (χ1) is 8.72. The molecule has 5 nitrogen and oxygen atoms in total. The molecule has 0 saturated carbocycles. The lowest BCUT2D eigenvalue weighted by Gasteiger charge is -2.28. The van der Waals surface area contributed by atoms with Crippen molar-refractivity contribution < 1.29 is 4.79 Å². The molecule has 0 aromatic heterocycles. The van der Waals surface area contributed by atoms with Crippen molar-refractivity contribution in [3.63, 3.8) is 0 Å². The fourth-order valence-electron chi connectivity index (χ4n) is 2.39. The van der Waals surface area contributed by atoms with Crippen molar-refractivity contribution >= 4 is 6.03 Å². The SMILES string of the molecule is CCN(CC)C(=O)N1CCCN(CCCN)CC1. The lowest BCUT2D eigenvalue weighted by molar-refractivity contribution is 0.158. The Morgan fingerprint density at radius 1 is 1.17 bits per heavy atom. The Morgan fingerprint density at radius 2 is 1.89 bits per heavy atom. The predicted molar refractivity (Wildman–Crippen MR) is 74.6 cm³/mol. The van der Waals surface area contributed by atoms with Crippen molar-refractivity contribution in [2.45, 2.75) is 26.7 Å². The summed E-state index contributed by atoms with van der Waals surface area (Å²) >= 11 is 0. The van der Waals surface area contributed by atoms with E-state index in [-0.39, 0.29) is 6.03 Å². The van der Waals surface area contributed by atoms with Gasteiger partial charge in [0.05, 0.1) is 0 Å². The molecule has 0 atom stereocenters. The minimum atomic E-state index is 0.195. The second-order valence-corrected chi connectivity index (χ2v) is 4.78. The maximum Gasteiger partial charge on any atom is 0.320 e. The van der Waals surface area contributed by atoms with Crippen molar-refractivity contribution in [1.29, 1.82) is 0 Å². The molecule has 5 heteroatoms. The van der Waals surface area contributed by atoms with Gasteiger partial charge < -0.3 is 20.4 Å². The molecule has 0 aliphatic carbocycles. The number of hydrogen-bond donors (Lipinski definition) is 1. The zero-order chi connectivity index (χ0) is 13.4. The van der Waals surface area contributed by atoms with E-state index < -0.39 is 0 Å². The average molecular weight is 256 g/mol. The van der Waals surface area contributed by atoms with E-state index in [2.05, 4.69) is 4.90 Å². The molecule has 0 spiro atoms. The van der Waals surface area contributed by atoms with Gasteiger partial charge in [-0.25, -0.2) is 4.79 Å². The number of rotatable bonds is 5. The van der Waals surface area contributed by atoms with Crippen LogP contribution in [0.15, 0.2) is 0 Å². The monoisotopic (exact) mass is 256 g/mol. The second-order valence-electron chi connectivity index (χ2n) is 4.78. The van der Waals surface area contributed by atoms with Crippen LogP contribution in [0.4, 0.5) is 4.79 Å². The molecule has 1 aliphatic rings. The minimum absolute atomic E-state index is 0.195. The van der Waals surface area contributed by atoms with Crippen LogP contribution in [0.5, 0.6) is 0 Å². The molecule has 0 unspecified atom stereocenters. The summed E-state index contributed by atoms with van der Waals surface area (Å²) in [6, 6.07) is 0.195. The molecule has 0 aromatic carbocycles. The van der Waals surface area contributed by atoms with E-state index in [1.54, 1.807) is 0 Å². The summed E-state index contributed by atoms with van der Waals surface area (Å²) in [7, 11) is 0. The molecule has 106 valence electrons.